The van der Waals surface area contributed by atoms with Crippen molar-refractivity contribution in [1.82, 2.24) is 4.98 Å². The molecule has 3 heteroatoms. The molecule has 0 aliphatic carbocycles. The van der Waals surface area contributed by atoms with Gasteiger partial charge in [0.05, 0.1) is 5.52 Å². The molecule has 1 aromatic carbocycles. The highest BCUT2D eigenvalue weighted by molar-refractivity contribution is 5.90. The molecule has 3 rings (SSSR count). The number of benzene rings is 1. The predicted molar refractivity (Wildman–Crippen MR) is 68.3 cm³/mol. The largest absolute Gasteiger partial charge is 0.483 e. The fraction of sp³-hybridized carbons (Fsp3) is 0.214. The van der Waals surface area contributed by atoms with Gasteiger partial charge in [-0.15, -0.1) is 0 Å². The van der Waals surface area contributed by atoms with Crippen molar-refractivity contribution in [2.75, 3.05) is 0 Å². The van der Waals surface area contributed by atoms with Gasteiger partial charge in [0.25, 0.3) is 0 Å². The average Bonchev–Trinajstić information content (AvgIpc) is 2.27. The number of rotatable bonds is 0. The van der Waals surface area contributed by atoms with Crippen molar-refractivity contribution in [3.63, 3.8) is 0 Å². The monoisotopic (exact) mass is 227 g/mol. The molecule has 1 N–H and O–H groups in total. The van der Waals surface area contributed by atoms with Crippen LogP contribution in [0.3, 0.4) is 0 Å². The Balaban J connectivity index is 2.34. The van der Waals surface area contributed by atoms with Crippen molar-refractivity contribution in [2.24, 2.45) is 0 Å². The number of H-pyrrole nitrogens is 1. The normalized spacial score (nSPS) is 16.6. The Kier molecular flexibility index (Phi) is 1.93. The Morgan fingerprint density at radius 2 is 1.94 bits per heavy atom. The van der Waals surface area contributed by atoms with Gasteiger partial charge in [-0.05, 0) is 49.6 Å². The molecule has 0 unspecified atom stereocenters. The standard InChI is InChI=1S/C14H13NO2/c1-14(2)8-7-10-11(17-14)5-3-9-4-6-12(16)15-13(9)10/h3-8H,1-2H3,(H,15,16). The molecule has 0 atom stereocenters. The first-order valence-corrected chi connectivity index (χ1v) is 5.59. The Hall–Kier alpha value is -2.03. The van der Waals surface area contributed by atoms with Gasteiger partial charge in [-0.1, -0.05) is 0 Å². The first-order valence-electron chi connectivity index (χ1n) is 5.59. The molecule has 0 amide bonds. The zero-order valence-corrected chi connectivity index (χ0v) is 9.78. The maximum Gasteiger partial charge on any atom is 0.248 e. The molecule has 1 aromatic heterocycles. The molecular weight excluding hydrogens is 214 g/mol. The summed E-state index contributed by atoms with van der Waals surface area (Å²) in [5.41, 5.74) is 1.39. The van der Waals surface area contributed by atoms with Crippen molar-refractivity contribution < 1.29 is 4.74 Å². The predicted octanol–water partition coefficient (Wildman–Crippen LogP) is 2.71. The fourth-order valence-electron chi connectivity index (χ4n) is 2.08. The van der Waals surface area contributed by atoms with Gasteiger partial charge in [0.2, 0.25) is 5.56 Å². The summed E-state index contributed by atoms with van der Waals surface area (Å²) in [7, 11) is 0. The van der Waals surface area contributed by atoms with Crippen LogP contribution in [0.4, 0.5) is 0 Å². The zero-order valence-electron chi connectivity index (χ0n) is 9.78. The minimum absolute atomic E-state index is 0.0934. The number of ether oxygens (including phenoxy) is 1. The summed E-state index contributed by atoms with van der Waals surface area (Å²) < 4.78 is 5.86. The summed E-state index contributed by atoms with van der Waals surface area (Å²) >= 11 is 0. The second-order valence-corrected chi connectivity index (χ2v) is 4.80. The fourth-order valence-corrected chi connectivity index (χ4v) is 2.08. The summed E-state index contributed by atoms with van der Waals surface area (Å²) in [4.78, 5) is 14.2. The number of fused-ring (bicyclic) bond motifs is 3. The van der Waals surface area contributed by atoms with Crippen LogP contribution in [0.25, 0.3) is 17.0 Å². The Morgan fingerprint density at radius 3 is 2.76 bits per heavy atom. The lowest BCUT2D eigenvalue weighted by atomic mass is 10.0. The number of hydrogen-bond donors (Lipinski definition) is 1. The molecule has 17 heavy (non-hydrogen) atoms. The first-order chi connectivity index (χ1) is 8.05. The van der Waals surface area contributed by atoms with Crippen LogP contribution in [0.1, 0.15) is 19.4 Å². The van der Waals surface area contributed by atoms with Crippen molar-refractivity contribution >= 4 is 17.0 Å². The lowest BCUT2D eigenvalue weighted by Crippen LogP contribution is -2.27. The average molecular weight is 227 g/mol. The molecule has 2 aromatic rings. The molecule has 0 spiro atoms. The topological polar surface area (TPSA) is 42.1 Å². The van der Waals surface area contributed by atoms with E-state index >= 15 is 0 Å². The van der Waals surface area contributed by atoms with Crippen LogP contribution in [-0.2, 0) is 0 Å². The van der Waals surface area contributed by atoms with Crippen LogP contribution >= 0.6 is 0 Å². The van der Waals surface area contributed by atoms with Crippen molar-refractivity contribution in [1.29, 1.82) is 0 Å². The van der Waals surface area contributed by atoms with Crippen molar-refractivity contribution in [3.05, 3.63) is 46.3 Å². The molecule has 0 saturated carbocycles. The lowest BCUT2D eigenvalue weighted by molar-refractivity contribution is 0.159. The van der Waals surface area contributed by atoms with Gasteiger partial charge >= 0.3 is 0 Å². The second kappa shape index (κ2) is 3.23. The van der Waals surface area contributed by atoms with E-state index in [1.54, 1.807) is 0 Å². The van der Waals surface area contributed by atoms with Crippen LogP contribution in [0.2, 0.25) is 0 Å². The van der Waals surface area contributed by atoms with Crippen LogP contribution in [0.5, 0.6) is 5.75 Å². The maximum atomic E-state index is 11.4. The van der Waals surface area contributed by atoms with Crippen molar-refractivity contribution in [3.8, 4) is 5.75 Å². The second-order valence-electron chi connectivity index (χ2n) is 4.80. The van der Waals surface area contributed by atoms with Crippen LogP contribution in [-0.4, -0.2) is 10.6 Å². The van der Waals surface area contributed by atoms with E-state index in [-0.39, 0.29) is 11.2 Å². The summed E-state index contributed by atoms with van der Waals surface area (Å²) in [6.45, 7) is 4.01. The number of hydrogen-bond acceptors (Lipinski definition) is 2. The Labute approximate surface area is 98.7 Å². The van der Waals surface area contributed by atoms with Gasteiger partial charge in [0, 0.05) is 11.6 Å². The van der Waals surface area contributed by atoms with Crippen LogP contribution < -0.4 is 10.3 Å². The Morgan fingerprint density at radius 1 is 1.18 bits per heavy atom. The number of aromatic amines is 1. The molecule has 86 valence electrons. The highest BCUT2D eigenvalue weighted by Gasteiger charge is 2.22. The van der Waals surface area contributed by atoms with Crippen LogP contribution in [0, 0.1) is 0 Å². The lowest BCUT2D eigenvalue weighted by Gasteiger charge is -2.28. The number of pyridine rings is 1. The maximum absolute atomic E-state index is 11.4. The third-order valence-electron chi connectivity index (χ3n) is 2.92. The van der Waals surface area contributed by atoms with Gasteiger partial charge in [0.1, 0.15) is 11.4 Å². The summed E-state index contributed by atoms with van der Waals surface area (Å²) in [6, 6.07) is 7.26. The molecule has 0 bridgehead atoms. The molecular formula is C14H13NO2. The van der Waals surface area contributed by atoms with Crippen LogP contribution in [0.15, 0.2) is 35.1 Å². The van der Waals surface area contributed by atoms with Gasteiger partial charge in [-0.2, -0.15) is 0 Å². The third kappa shape index (κ3) is 1.64. The van der Waals surface area contributed by atoms with Crippen molar-refractivity contribution in [2.45, 2.75) is 19.4 Å². The number of aromatic nitrogens is 1. The summed E-state index contributed by atoms with van der Waals surface area (Å²) in [6.07, 6.45) is 4.01. The molecule has 1 aliphatic rings. The zero-order chi connectivity index (χ0) is 12.0. The number of nitrogens with one attached hydrogen (secondary N) is 1. The smallest absolute Gasteiger partial charge is 0.248 e. The molecule has 1 aliphatic heterocycles. The molecule has 0 radical (unpaired) electrons. The van der Waals surface area contributed by atoms with E-state index in [9.17, 15) is 4.79 Å². The van der Waals surface area contributed by atoms with Gasteiger partial charge < -0.3 is 9.72 Å². The quantitative estimate of drug-likeness (QED) is 0.751. The minimum atomic E-state index is -0.296. The Bertz CT molecular complexity index is 680. The SMILES string of the molecule is CC1(C)C=Cc2c(ccc3ccc(=O)[nH]c23)O1. The van der Waals surface area contributed by atoms with E-state index in [1.165, 1.54) is 6.07 Å². The first kappa shape index (κ1) is 10.1. The molecule has 3 nitrogen and oxygen atoms in total. The van der Waals surface area contributed by atoms with Gasteiger partial charge in [-0.25, -0.2) is 0 Å². The minimum Gasteiger partial charge on any atom is -0.483 e. The highest BCUT2D eigenvalue weighted by Crippen LogP contribution is 2.34. The molecule has 0 fully saturated rings. The van der Waals surface area contributed by atoms with E-state index in [2.05, 4.69) is 4.98 Å². The van der Waals surface area contributed by atoms with Gasteiger partial charge in [0.15, 0.2) is 0 Å². The van der Waals surface area contributed by atoms with E-state index in [4.69, 9.17) is 4.74 Å². The van der Waals surface area contributed by atoms with Gasteiger partial charge in [-0.3, -0.25) is 4.79 Å². The summed E-state index contributed by atoms with van der Waals surface area (Å²) in [5.74, 6) is 0.812. The van der Waals surface area contributed by atoms with E-state index in [0.29, 0.717) is 0 Å². The van der Waals surface area contributed by atoms with E-state index < -0.39 is 0 Å². The van der Waals surface area contributed by atoms with E-state index in [0.717, 1.165) is 22.2 Å². The third-order valence-corrected chi connectivity index (χ3v) is 2.92. The molecule has 0 saturated heterocycles. The van der Waals surface area contributed by atoms with E-state index in [1.807, 2.05) is 44.2 Å². The highest BCUT2D eigenvalue weighted by atomic mass is 16.5. The molecule has 2 heterocycles. The summed E-state index contributed by atoms with van der Waals surface area (Å²) in [5, 5.41) is 1.01.